The molecular weight excluding hydrogens is 361 g/mol. The highest BCUT2D eigenvalue weighted by molar-refractivity contribution is 5.94. The number of hydrogen-bond donors (Lipinski definition) is 2. The Balaban J connectivity index is 1.45. The molecule has 1 fully saturated rings. The van der Waals surface area contributed by atoms with E-state index < -0.39 is 5.82 Å². The molecule has 0 radical (unpaired) electrons. The Morgan fingerprint density at radius 2 is 1.82 bits per heavy atom. The molecule has 0 aromatic heterocycles. The fourth-order valence-corrected chi connectivity index (χ4v) is 3.09. The number of likely N-dealkylation sites (tertiary alicyclic amines) is 1. The van der Waals surface area contributed by atoms with Crippen molar-refractivity contribution in [3.63, 3.8) is 0 Å². The Bertz CT molecular complexity index is 833. The first kappa shape index (κ1) is 19.7. The van der Waals surface area contributed by atoms with E-state index in [0.717, 1.165) is 31.5 Å². The Morgan fingerprint density at radius 3 is 2.46 bits per heavy atom. The van der Waals surface area contributed by atoms with Crippen LogP contribution in [0.25, 0.3) is 0 Å². The summed E-state index contributed by atoms with van der Waals surface area (Å²) in [7, 11) is 1.40. The highest BCUT2D eigenvalue weighted by Crippen LogP contribution is 2.20. The van der Waals surface area contributed by atoms with Crippen molar-refractivity contribution >= 4 is 17.5 Å². The number of carbonyl (C=O) groups is 2. The summed E-state index contributed by atoms with van der Waals surface area (Å²) in [6, 6.07) is 11.7. The van der Waals surface area contributed by atoms with Crippen LogP contribution in [-0.2, 0) is 11.3 Å². The van der Waals surface area contributed by atoms with Gasteiger partial charge in [-0.15, -0.1) is 0 Å². The van der Waals surface area contributed by atoms with Gasteiger partial charge in [0.05, 0.1) is 13.7 Å². The van der Waals surface area contributed by atoms with Crippen LogP contribution in [0.5, 0.6) is 5.75 Å². The molecule has 0 saturated carbocycles. The van der Waals surface area contributed by atoms with Crippen molar-refractivity contribution in [2.75, 3.05) is 32.1 Å². The molecule has 148 valence electrons. The quantitative estimate of drug-likeness (QED) is 0.769. The first-order chi connectivity index (χ1) is 13.6. The molecule has 1 heterocycles. The van der Waals surface area contributed by atoms with Gasteiger partial charge in [0.15, 0.2) is 11.6 Å². The molecule has 2 aromatic carbocycles. The molecule has 0 spiro atoms. The van der Waals surface area contributed by atoms with Crippen molar-refractivity contribution in [1.82, 2.24) is 10.2 Å². The van der Waals surface area contributed by atoms with E-state index in [1.54, 1.807) is 18.2 Å². The third-order valence-corrected chi connectivity index (χ3v) is 4.69. The smallest absolute Gasteiger partial charge is 0.253 e. The predicted molar refractivity (Wildman–Crippen MR) is 105 cm³/mol. The topological polar surface area (TPSA) is 70.7 Å². The van der Waals surface area contributed by atoms with Gasteiger partial charge in [-0.3, -0.25) is 9.59 Å². The zero-order chi connectivity index (χ0) is 19.9. The number of nitrogens with zero attached hydrogens (tertiary/aromatic N) is 1. The monoisotopic (exact) mass is 385 g/mol. The largest absolute Gasteiger partial charge is 0.494 e. The van der Waals surface area contributed by atoms with E-state index in [1.165, 1.54) is 19.2 Å². The lowest BCUT2D eigenvalue weighted by molar-refractivity contribution is -0.119. The lowest BCUT2D eigenvalue weighted by atomic mass is 10.1. The lowest BCUT2D eigenvalue weighted by Crippen LogP contribution is -2.29. The number of halogens is 1. The molecule has 2 aromatic rings. The third-order valence-electron chi connectivity index (χ3n) is 4.69. The summed E-state index contributed by atoms with van der Waals surface area (Å²) >= 11 is 0. The second kappa shape index (κ2) is 9.21. The van der Waals surface area contributed by atoms with Gasteiger partial charge in [-0.1, -0.05) is 12.1 Å². The molecule has 28 heavy (non-hydrogen) atoms. The van der Waals surface area contributed by atoms with Gasteiger partial charge in [-0.05, 0) is 42.7 Å². The molecule has 0 aliphatic carbocycles. The van der Waals surface area contributed by atoms with Crippen LogP contribution in [0.2, 0.25) is 0 Å². The molecule has 0 unspecified atom stereocenters. The van der Waals surface area contributed by atoms with Crippen LogP contribution in [0.15, 0.2) is 42.5 Å². The molecule has 1 aliphatic heterocycles. The van der Waals surface area contributed by atoms with Gasteiger partial charge in [0.2, 0.25) is 5.91 Å². The first-order valence-electron chi connectivity index (χ1n) is 9.29. The van der Waals surface area contributed by atoms with Crippen LogP contribution in [0, 0.1) is 5.82 Å². The van der Waals surface area contributed by atoms with Gasteiger partial charge >= 0.3 is 0 Å². The van der Waals surface area contributed by atoms with Gasteiger partial charge in [0.25, 0.3) is 5.91 Å². The van der Waals surface area contributed by atoms with Crippen LogP contribution in [0.4, 0.5) is 10.1 Å². The van der Waals surface area contributed by atoms with Crippen molar-refractivity contribution in [2.24, 2.45) is 0 Å². The Kier molecular flexibility index (Phi) is 6.47. The molecule has 3 rings (SSSR count). The van der Waals surface area contributed by atoms with E-state index in [1.807, 2.05) is 17.0 Å². The maximum Gasteiger partial charge on any atom is 0.253 e. The van der Waals surface area contributed by atoms with Crippen molar-refractivity contribution < 1.29 is 18.7 Å². The van der Waals surface area contributed by atoms with E-state index in [4.69, 9.17) is 4.74 Å². The maximum absolute atomic E-state index is 13.6. The summed E-state index contributed by atoms with van der Waals surface area (Å²) in [4.78, 5) is 26.2. The number of carbonyl (C=O) groups excluding carboxylic acids is 2. The van der Waals surface area contributed by atoms with Gasteiger partial charge in [-0.25, -0.2) is 4.39 Å². The molecule has 0 atom stereocenters. The Morgan fingerprint density at radius 1 is 1.11 bits per heavy atom. The molecule has 1 aliphatic rings. The fourth-order valence-electron chi connectivity index (χ4n) is 3.09. The zero-order valence-electron chi connectivity index (χ0n) is 15.8. The Labute approximate surface area is 163 Å². The highest BCUT2D eigenvalue weighted by atomic mass is 19.1. The van der Waals surface area contributed by atoms with E-state index in [9.17, 15) is 14.0 Å². The number of amides is 2. The van der Waals surface area contributed by atoms with E-state index in [0.29, 0.717) is 17.8 Å². The average Bonchev–Trinajstić information content (AvgIpc) is 3.25. The zero-order valence-corrected chi connectivity index (χ0v) is 15.8. The summed E-state index contributed by atoms with van der Waals surface area (Å²) in [5.41, 5.74) is 2.07. The molecular formula is C21H24FN3O3. The number of ether oxygens (including phenoxy) is 1. The lowest BCUT2D eigenvalue weighted by Gasteiger charge is -2.15. The fraction of sp³-hybridized carbons (Fsp3) is 0.333. The second-order valence-corrected chi connectivity index (χ2v) is 6.68. The van der Waals surface area contributed by atoms with Crippen LogP contribution in [0.1, 0.15) is 28.8 Å². The normalized spacial score (nSPS) is 13.3. The average molecular weight is 385 g/mol. The van der Waals surface area contributed by atoms with Crippen LogP contribution < -0.4 is 15.4 Å². The summed E-state index contributed by atoms with van der Waals surface area (Å²) in [6.45, 7) is 2.02. The van der Waals surface area contributed by atoms with Crippen molar-refractivity contribution in [3.05, 3.63) is 59.4 Å². The molecule has 2 N–H and O–H groups in total. The third kappa shape index (κ3) is 5.00. The number of methoxy groups -OCH3 is 1. The summed E-state index contributed by atoms with van der Waals surface area (Å²) < 4.78 is 18.5. The van der Waals surface area contributed by atoms with Crippen molar-refractivity contribution in [2.45, 2.75) is 19.4 Å². The highest BCUT2D eigenvalue weighted by Gasteiger charge is 2.19. The number of rotatable bonds is 7. The van der Waals surface area contributed by atoms with Gasteiger partial charge < -0.3 is 20.3 Å². The molecule has 7 heteroatoms. The number of hydrogen-bond acceptors (Lipinski definition) is 4. The predicted octanol–water partition coefficient (Wildman–Crippen LogP) is 2.80. The van der Waals surface area contributed by atoms with Crippen molar-refractivity contribution in [3.8, 4) is 5.75 Å². The van der Waals surface area contributed by atoms with E-state index in [-0.39, 0.29) is 24.1 Å². The van der Waals surface area contributed by atoms with Gasteiger partial charge in [-0.2, -0.15) is 0 Å². The number of anilines is 1. The minimum Gasteiger partial charge on any atom is -0.494 e. The van der Waals surface area contributed by atoms with E-state index >= 15 is 0 Å². The minimum atomic E-state index is -0.489. The summed E-state index contributed by atoms with van der Waals surface area (Å²) in [6.07, 6.45) is 2.13. The van der Waals surface area contributed by atoms with Crippen LogP contribution in [-0.4, -0.2) is 43.5 Å². The maximum atomic E-state index is 13.6. The van der Waals surface area contributed by atoms with Gasteiger partial charge in [0, 0.05) is 37.0 Å². The standard InChI is InChI=1S/C21H24FN3O3/c1-28-19-9-8-17(12-18(19)22)23-14-20(26)24-13-15-4-6-16(7-5-15)21(27)25-10-2-3-11-25/h4-9,12,23H,2-3,10-11,13-14H2,1H3,(H,24,26). The summed E-state index contributed by atoms with van der Waals surface area (Å²) in [5.74, 6) is -0.490. The molecule has 6 nitrogen and oxygen atoms in total. The van der Waals surface area contributed by atoms with Crippen LogP contribution >= 0.6 is 0 Å². The molecule has 1 saturated heterocycles. The number of benzene rings is 2. The van der Waals surface area contributed by atoms with Crippen molar-refractivity contribution in [1.29, 1.82) is 0 Å². The van der Waals surface area contributed by atoms with E-state index in [2.05, 4.69) is 10.6 Å². The summed E-state index contributed by atoms with van der Waals surface area (Å²) in [5, 5.41) is 5.67. The molecule has 0 bridgehead atoms. The Hall–Kier alpha value is -3.09. The van der Waals surface area contributed by atoms with Crippen LogP contribution in [0.3, 0.4) is 0 Å². The molecule has 2 amide bonds. The first-order valence-corrected chi connectivity index (χ1v) is 9.29. The number of nitrogens with one attached hydrogen (secondary N) is 2. The SMILES string of the molecule is COc1ccc(NCC(=O)NCc2ccc(C(=O)N3CCCC3)cc2)cc1F. The minimum absolute atomic E-state index is 0.0251. The second-order valence-electron chi connectivity index (χ2n) is 6.68. The van der Waals surface area contributed by atoms with Gasteiger partial charge in [0.1, 0.15) is 0 Å².